The fourth-order valence-corrected chi connectivity index (χ4v) is 2.60. The van der Waals surface area contributed by atoms with Gasteiger partial charge in [-0.15, -0.1) is 0 Å². The normalized spacial score (nSPS) is 18.0. The van der Waals surface area contributed by atoms with Gasteiger partial charge in [-0.25, -0.2) is 4.79 Å². The number of carbonyl (C=O) groups excluding carboxylic acids is 1. The molecule has 1 aliphatic heterocycles. The van der Waals surface area contributed by atoms with Gasteiger partial charge in [0.25, 0.3) is 0 Å². The number of carbonyl (C=O) groups is 1. The molecular weight excluding hydrogens is 302 g/mol. The molecule has 0 radical (unpaired) electrons. The zero-order valence-corrected chi connectivity index (χ0v) is 13.8. The second kappa shape index (κ2) is 6.45. The average molecular weight is 322 g/mol. The first-order valence-corrected chi connectivity index (χ1v) is 7.60. The van der Waals surface area contributed by atoms with E-state index in [0.29, 0.717) is 17.1 Å². The van der Waals surface area contributed by atoms with Gasteiger partial charge in [-0.1, -0.05) is 11.6 Å². The lowest BCUT2D eigenvalue weighted by Crippen LogP contribution is -2.40. The lowest BCUT2D eigenvalue weighted by molar-refractivity contribution is 0.0509. The molecule has 0 aliphatic carbocycles. The van der Waals surface area contributed by atoms with Crippen molar-refractivity contribution in [3.05, 3.63) is 28.8 Å². The maximum Gasteiger partial charge on any atom is 0.407 e. The molecular formula is C16H20ClN3O2. The Morgan fingerprint density at radius 2 is 2.23 bits per heavy atom. The van der Waals surface area contributed by atoms with Gasteiger partial charge in [-0.2, -0.15) is 5.26 Å². The molecule has 5 nitrogen and oxygen atoms in total. The minimum absolute atomic E-state index is 0.0456. The number of amides is 1. The Bertz CT molecular complexity index is 604. The van der Waals surface area contributed by atoms with Crippen molar-refractivity contribution in [2.45, 2.75) is 38.8 Å². The molecule has 22 heavy (non-hydrogen) atoms. The van der Waals surface area contributed by atoms with Crippen LogP contribution in [0.3, 0.4) is 0 Å². The van der Waals surface area contributed by atoms with Crippen molar-refractivity contribution >= 4 is 23.4 Å². The van der Waals surface area contributed by atoms with Gasteiger partial charge in [-0.3, -0.25) is 0 Å². The van der Waals surface area contributed by atoms with Crippen molar-refractivity contribution in [1.29, 1.82) is 5.26 Å². The summed E-state index contributed by atoms with van der Waals surface area (Å²) in [6.07, 6.45) is 0.453. The molecule has 1 amide bonds. The predicted molar refractivity (Wildman–Crippen MR) is 86.2 cm³/mol. The van der Waals surface area contributed by atoms with Crippen molar-refractivity contribution in [3.8, 4) is 6.07 Å². The summed E-state index contributed by atoms with van der Waals surface area (Å²) >= 11 is 6.06. The number of benzene rings is 1. The van der Waals surface area contributed by atoms with Crippen LogP contribution in [0.1, 0.15) is 32.8 Å². The summed E-state index contributed by atoms with van der Waals surface area (Å²) in [5.74, 6) is 0. The standard InChI is InChI=1S/C16H20ClN3O2/c1-16(2,3)22-15(21)19-12-6-7-20(10-12)13-5-4-11(9-18)14(17)8-13/h4-5,8,12H,6-7,10H2,1-3H3,(H,19,21)/t12-/m0/s1. The number of halogens is 1. The van der Waals surface area contributed by atoms with Crippen LogP contribution in [0.25, 0.3) is 0 Å². The largest absolute Gasteiger partial charge is 0.444 e. The summed E-state index contributed by atoms with van der Waals surface area (Å²) in [4.78, 5) is 13.9. The minimum Gasteiger partial charge on any atom is -0.444 e. The number of anilines is 1. The van der Waals surface area contributed by atoms with Crippen LogP contribution >= 0.6 is 11.6 Å². The van der Waals surface area contributed by atoms with Crippen LogP contribution < -0.4 is 10.2 Å². The number of nitrogens with zero attached hydrogens (tertiary/aromatic N) is 2. The smallest absolute Gasteiger partial charge is 0.407 e. The van der Waals surface area contributed by atoms with Crippen LogP contribution in [0.2, 0.25) is 5.02 Å². The lowest BCUT2D eigenvalue weighted by Gasteiger charge is -2.22. The quantitative estimate of drug-likeness (QED) is 0.907. The fourth-order valence-electron chi connectivity index (χ4n) is 2.38. The first kappa shape index (κ1) is 16.4. The van der Waals surface area contributed by atoms with E-state index >= 15 is 0 Å². The van der Waals surface area contributed by atoms with Crippen molar-refractivity contribution in [2.24, 2.45) is 0 Å². The monoisotopic (exact) mass is 321 g/mol. The summed E-state index contributed by atoms with van der Waals surface area (Å²) in [7, 11) is 0. The van der Waals surface area contributed by atoms with E-state index in [2.05, 4.69) is 10.2 Å². The Morgan fingerprint density at radius 1 is 1.50 bits per heavy atom. The van der Waals surface area contributed by atoms with Crippen LogP contribution in [0, 0.1) is 11.3 Å². The summed E-state index contributed by atoms with van der Waals surface area (Å²) in [6, 6.07) is 7.47. The molecule has 1 aliphatic rings. The van der Waals surface area contributed by atoms with E-state index in [0.717, 1.165) is 18.7 Å². The Morgan fingerprint density at radius 3 is 2.82 bits per heavy atom. The van der Waals surface area contributed by atoms with E-state index in [1.165, 1.54) is 0 Å². The summed E-state index contributed by atoms with van der Waals surface area (Å²) in [6.45, 7) is 7.04. The van der Waals surface area contributed by atoms with E-state index in [9.17, 15) is 4.79 Å². The van der Waals surface area contributed by atoms with Gasteiger partial charge < -0.3 is 15.0 Å². The topological polar surface area (TPSA) is 65.4 Å². The summed E-state index contributed by atoms with van der Waals surface area (Å²) in [5.41, 5.74) is 0.925. The molecule has 1 N–H and O–H groups in total. The number of ether oxygens (including phenoxy) is 1. The number of hydrogen-bond acceptors (Lipinski definition) is 4. The highest BCUT2D eigenvalue weighted by Crippen LogP contribution is 2.26. The van der Waals surface area contributed by atoms with E-state index in [4.69, 9.17) is 21.6 Å². The Hall–Kier alpha value is -1.93. The van der Waals surface area contributed by atoms with Crippen molar-refractivity contribution in [2.75, 3.05) is 18.0 Å². The molecule has 2 rings (SSSR count). The molecule has 1 heterocycles. The maximum absolute atomic E-state index is 11.8. The molecule has 0 unspecified atom stereocenters. The maximum atomic E-state index is 11.8. The minimum atomic E-state index is -0.497. The zero-order chi connectivity index (χ0) is 16.3. The first-order chi connectivity index (χ1) is 10.3. The highest BCUT2D eigenvalue weighted by atomic mass is 35.5. The molecule has 0 bridgehead atoms. The highest BCUT2D eigenvalue weighted by molar-refractivity contribution is 6.32. The van der Waals surface area contributed by atoms with Crippen molar-refractivity contribution < 1.29 is 9.53 Å². The van der Waals surface area contributed by atoms with Gasteiger partial charge in [0, 0.05) is 18.8 Å². The van der Waals surface area contributed by atoms with Gasteiger partial charge in [0.15, 0.2) is 0 Å². The third-order valence-electron chi connectivity index (χ3n) is 3.35. The van der Waals surface area contributed by atoms with Crippen LogP contribution in [0.4, 0.5) is 10.5 Å². The molecule has 1 fully saturated rings. The number of nitrogens with one attached hydrogen (secondary N) is 1. The van der Waals surface area contributed by atoms with E-state index < -0.39 is 11.7 Å². The Labute approximate surface area is 135 Å². The number of nitriles is 1. The SMILES string of the molecule is CC(C)(C)OC(=O)N[C@H]1CCN(c2ccc(C#N)c(Cl)c2)C1. The number of rotatable bonds is 2. The molecule has 1 atom stereocenters. The lowest BCUT2D eigenvalue weighted by atomic mass is 10.2. The molecule has 118 valence electrons. The second-order valence-corrected chi connectivity index (χ2v) is 6.76. The number of alkyl carbamates (subject to hydrolysis) is 1. The molecule has 0 spiro atoms. The van der Waals surface area contributed by atoms with Crippen LogP contribution in [-0.2, 0) is 4.74 Å². The van der Waals surface area contributed by atoms with E-state index in [1.54, 1.807) is 12.1 Å². The van der Waals surface area contributed by atoms with Gasteiger partial charge in [0.2, 0.25) is 0 Å². The second-order valence-electron chi connectivity index (χ2n) is 6.35. The molecule has 0 aromatic heterocycles. The van der Waals surface area contributed by atoms with Gasteiger partial charge >= 0.3 is 6.09 Å². The molecule has 0 saturated carbocycles. The third kappa shape index (κ3) is 4.28. The third-order valence-corrected chi connectivity index (χ3v) is 3.66. The van der Waals surface area contributed by atoms with E-state index in [-0.39, 0.29) is 6.04 Å². The summed E-state index contributed by atoms with van der Waals surface area (Å²) in [5, 5.41) is 12.2. The molecule has 6 heteroatoms. The average Bonchev–Trinajstić information content (AvgIpc) is 2.84. The van der Waals surface area contributed by atoms with Gasteiger partial charge in [0.1, 0.15) is 11.7 Å². The highest BCUT2D eigenvalue weighted by Gasteiger charge is 2.26. The Kier molecular flexibility index (Phi) is 4.82. The van der Waals surface area contributed by atoms with Crippen molar-refractivity contribution in [3.63, 3.8) is 0 Å². The van der Waals surface area contributed by atoms with Gasteiger partial charge in [-0.05, 0) is 45.4 Å². The predicted octanol–water partition coefficient (Wildman–Crippen LogP) is 3.32. The van der Waals surface area contributed by atoms with Crippen molar-refractivity contribution in [1.82, 2.24) is 5.32 Å². The van der Waals surface area contributed by atoms with Gasteiger partial charge in [0.05, 0.1) is 16.6 Å². The molecule has 1 saturated heterocycles. The van der Waals surface area contributed by atoms with Crippen LogP contribution in [0.15, 0.2) is 18.2 Å². The van der Waals surface area contributed by atoms with Crippen LogP contribution in [-0.4, -0.2) is 30.8 Å². The number of hydrogen-bond donors (Lipinski definition) is 1. The first-order valence-electron chi connectivity index (χ1n) is 7.22. The van der Waals surface area contributed by atoms with Crippen LogP contribution in [0.5, 0.6) is 0 Å². The zero-order valence-electron chi connectivity index (χ0n) is 13.0. The Balaban J connectivity index is 1.94. The summed E-state index contributed by atoms with van der Waals surface area (Å²) < 4.78 is 5.26. The molecule has 1 aromatic carbocycles. The van der Waals surface area contributed by atoms with E-state index in [1.807, 2.05) is 32.9 Å². The fraction of sp³-hybridized carbons (Fsp3) is 0.500. The molecule has 1 aromatic rings.